The third-order valence-electron chi connectivity index (χ3n) is 6.89. The van der Waals surface area contributed by atoms with Crippen molar-refractivity contribution >= 4 is 8.56 Å². The Bertz CT molecular complexity index is 342. The van der Waals surface area contributed by atoms with Crippen molar-refractivity contribution in [3.63, 3.8) is 0 Å². The van der Waals surface area contributed by atoms with E-state index in [0.717, 1.165) is 13.2 Å². The maximum atomic E-state index is 6.32. The Morgan fingerprint density at radius 2 is 0.594 bits per heavy atom. The van der Waals surface area contributed by atoms with E-state index in [1.54, 1.807) is 0 Å². The van der Waals surface area contributed by atoms with Crippen molar-refractivity contribution in [3.8, 4) is 0 Å². The zero-order valence-corrected chi connectivity index (χ0v) is 24.0. The van der Waals surface area contributed by atoms with E-state index in [1.807, 2.05) is 0 Å². The minimum atomic E-state index is -1.96. The van der Waals surface area contributed by atoms with Crippen LogP contribution in [0.4, 0.5) is 0 Å². The molecule has 0 fully saturated rings. The Morgan fingerprint density at radius 3 is 0.844 bits per heavy atom. The van der Waals surface area contributed by atoms with Gasteiger partial charge in [0.1, 0.15) is 0 Å². The Kier molecular flexibility index (Phi) is 25.9. The molecule has 0 amide bonds. The normalized spacial score (nSPS) is 12.0. The number of unbranched alkanes of at least 4 members (excludes halogenated alkanes) is 19. The third-order valence-corrected chi connectivity index (χ3v) is 10.7. The topological polar surface area (TPSA) is 18.5 Å². The molecule has 3 heteroatoms. The van der Waals surface area contributed by atoms with E-state index in [9.17, 15) is 0 Å². The van der Waals surface area contributed by atoms with Gasteiger partial charge in [-0.1, -0.05) is 149 Å². The van der Waals surface area contributed by atoms with E-state index >= 15 is 0 Å². The van der Waals surface area contributed by atoms with Crippen LogP contribution in [0.2, 0.25) is 12.1 Å². The van der Waals surface area contributed by atoms with Gasteiger partial charge in [-0.25, -0.2) is 0 Å². The second-order valence-corrected chi connectivity index (χ2v) is 13.4. The van der Waals surface area contributed by atoms with Crippen molar-refractivity contribution in [1.82, 2.24) is 0 Å². The van der Waals surface area contributed by atoms with E-state index in [1.165, 1.54) is 147 Å². The van der Waals surface area contributed by atoms with Gasteiger partial charge in [-0.15, -0.1) is 0 Å². The summed E-state index contributed by atoms with van der Waals surface area (Å²) in [4.78, 5) is 0. The van der Waals surface area contributed by atoms with E-state index in [4.69, 9.17) is 8.85 Å². The molecule has 0 saturated carbocycles. The van der Waals surface area contributed by atoms with Gasteiger partial charge in [-0.2, -0.15) is 0 Å². The van der Waals surface area contributed by atoms with Crippen LogP contribution in [-0.4, -0.2) is 21.8 Å². The molecule has 0 aliphatic heterocycles. The van der Waals surface area contributed by atoms with Gasteiger partial charge in [0.05, 0.1) is 0 Å². The largest absolute Gasteiger partial charge is 0.394 e. The first-order valence-corrected chi connectivity index (χ1v) is 17.3. The van der Waals surface area contributed by atoms with Gasteiger partial charge < -0.3 is 8.85 Å². The maximum absolute atomic E-state index is 6.32. The second-order valence-electron chi connectivity index (χ2n) is 9.99. The quantitative estimate of drug-likeness (QED) is 0.0877. The highest BCUT2D eigenvalue weighted by molar-refractivity contribution is 6.67. The summed E-state index contributed by atoms with van der Waals surface area (Å²) in [6.45, 7) is 10.5. The minimum absolute atomic E-state index is 0.819. The lowest BCUT2D eigenvalue weighted by atomic mass is 10.0. The summed E-state index contributed by atoms with van der Waals surface area (Å²) < 4.78 is 12.6. The van der Waals surface area contributed by atoms with E-state index in [2.05, 4.69) is 27.7 Å². The number of rotatable bonds is 27. The van der Waals surface area contributed by atoms with Crippen molar-refractivity contribution in [2.24, 2.45) is 0 Å². The number of hydrogen-bond acceptors (Lipinski definition) is 2. The van der Waals surface area contributed by atoms with Crippen molar-refractivity contribution in [1.29, 1.82) is 0 Å². The Morgan fingerprint density at radius 1 is 0.344 bits per heavy atom. The van der Waals surface area contributed by atoms with Crippen LogP contribution in [0.3, 0.4) is 0 Å². The highest BCUT2D eigenvalue weighted by atomic mass is 28.4. The predicted molar refractivity (Wildman–Crippen MR) is 147 cm³/mol. The summed E-state index contributed by atoms with van der Waals surface area (Å²) in [5.41, 5.74) is 0. The molecule has 194 valence electrons. The van der Waals surface area contributed by atoms with Gasteiger partial charge in [-0.05, 0) is 25.9 Å². The van der Waals surface area contributed by atoms with Gasteiger partial charge >= 0.3 is 8.56 Å². The molecule has 0 aromatic rings. The molecule has 0 saturated heterocycles. The fraction of sp³-hybridized carbons (Fsp3) is 1.00. The van der Waals surface area contributed by atoms with E-state index in [0.29, 0.717) is 0 Å². The first-order valence-electron chi connectivity index (χ1n) is 15.0. The molecule has 0 radical (unpaired) electrons. The average Bonchev–Trinajstić information content (AvgIpc) is 2.79. The van der Waals surface area contributed by atoms with Crippen LogP contribution in [-0.2, 0) is 8.85 Å². The highest BCUT2D eigenvalue weighted by Crippen LogP contribution is 2.26. The fourth-order valence-electron chi connectivity index (χ4n) is 4.92. The summed E-state index contributed by atoms with van der Waals surface area (Å²) in [5, 5.41) is 0. The predicted octanol–water partition coefficient (Wildman–Crippen LogP) is 10.7. The molecule has 0 rings (SSSR count). The molecule has 32 heavy (non-hydrogen) atoms. The van der Waals surface area contributed by atoms with Gasteiger partial charge in [0.15, 0.2) is 0 Å². The molecule has 0 aliphatic rings. The van der Waals surface area contributed by atoms with Crippen LogP contribution in [0, 0.1) is 0 Å². The monoisotopic (exact) mass is 470 g/mol. The molecule has 0 bridgehead atoms. The molecule has 0 heterocycles. The number of hydrogen-bond donors (Lipinski definition) is 0. The van der Waals surface area contributed by atoms with Crippen LogP contribution in [0.15, 0.2) is 0 Å². The van der Waals surface area contributed by atoms with Crippen LogP contribution in [0.25, 0.3) is 0 Å². The van der Waals surface area contributed by atoms with Crippen LogP contribution >= 0.6 is 0 Å². The highest BCUT2D eigenvalue weighted by Gasteiger charge is 2.35. The SMILES string of the molecule is CCCCCCCCCCCCCCCCCC[Si](CCCCCCC)(OCC)OCC. The maximum Gasteiger partial charge on any atom is 0.338 e. The first-order chi connectivity index (χ1) is 15.7. The summed E-state index contributed by atoms with van der Waals surface area (Å²) >= 11 is 0. The summed E-state index contributed by atoms with van der Waals surface area (Å²) in [6.07, 6.45) is 29.6. The summed E-state index contributed by atoms with van der Waals surface area (Å²) in [7, 11) is -1.96. The standard InChI is InChI=1S/C29H62O2Si/c1-5-9-11-13-14-15-16-17-18-19-20-21-22-23-25-27-29-32(30-7-3,31-8-4)28-26-24-12-10-6-2/h5-29H2,1-4H3. The average molecular weight is 471 g/mol. The van der Waals surface area contributed by atoms with Gasteiger partial charge in [-0.3, -0.25) is 0 Å². The summed E-state index contributed by atoms with van der Waals surface area (Å²) in [5.74, 6) is 0. The van der Waals surface area contributed by atoms with Gasteiger partial charge in [0, 0.05) is 13.2 Å². The zero-order chi connectivity index (χ0) is 23.6. The molecule has 2 nitrogen and oxygen atoms in total. The summed E-state index contributed by atoms with van der Waals surface area (Å²) in [6, 6.07) is 2.41. The van der Waals surface area contributed by atoms with Gasteiger partial charge in [0.25, 0.3) is 0 Å². The van der Waals surface area contributed by atoms with Crippen molar-refractivity contribution in [3.05, 3.63) is 0 Å². The second kappa shape index (κ2) is 25.8. The molecule has 0 atom stereocenters. The molecular weight excluding hydrogens is 408 g/mol. The molecule has 0 aromatic carbocycles. The van der Waals surface area contributed by atoms with Crippen molar-refractivity contribution in [2.75, 3.05) is 13.2 Å². The Labute approximate surface area is 205 Å². The van der Waals surface area contributed by atoms with E-state index in [-0.39, 0.29) is 0 Å². The van der Waals surface area contributed by atoms with Crippen LogP contribution in [0.1, 0.15) is 163 Å². The van der Waals surface area contributed by atoms with Crippen LogP contribution < -0.4 is 0 Å². The Hall–Kier alpha value is 0.137. The lowest BCUT2D eigenvalue weighted by Crippen LogP contribution is -2.42. The lowest BCUT2D eigenvalue weighted by molar-refractivity contribution is 0.180. The fourth-order valence-corrected chi connectivity index (χ4v) is 8.46. The smallest absolute Gasteiger partial charge is 0.338 e. The molecule has 0 aromatic heterocycles. The van der Waals surface area contributed by atoms with Gasteiger partial charge in [0.2, 0.25) is 0 Å². The molecule has 0 unspecified atom stereocenters. The molecule has 0 aliphatic carbocycles. The minimum Gasteiger partial charge on any atom is -0.394 e. The van der Waals surface area contributed by atoms with E-state index < -0.39 is 8.56 Å². The molecular formula is C29H62O2Si. The third kappa shape index (κ3) is 20.7. The lowest BCUT2D eigenvalue weighted by Gasteiger charge is -2.30. The van der Waals surface area contributed by atoms with Crippen LogP contribution in [0.5, 0.6) is 0 Å². The van der Waals surface area contributed by atoms with Crippen molar-refractivity contribution in [2.45, 2.75) is 175 Å². The molecule has 0 spiro atoms. The molecule has 0 N–H and O–H groups in total. The van der Waals surface area contributed by atoms with Crippen molar-refractivity contribution < 1.29 is 8.85 Å². The first kappa shape index (κ1) is 32.1. The Balaban J connectivity index is 3.69. The zero-order valence-electron chi connectivity index (χ0n) is 23.0.